The molecule has 2 atom stereocenters. The number of likely N-dealkylation sites (tertiary alicyclic amines) is 2. The number of nitrogens with zero attached hydrogens (tertiary/aromatic N) is 3. The second-order valence-electron chi connectivity index (χ2n) is 13.1. The molecule has 2 saturated heterocycles. The van der Waals surface area contributed by atoms with Gasteiger partial charge in [-0.1, -0.05) is 74.5 Å². The largest absolute Gasteiger partial charge is 0.369 e. The van der Waals surface area contributed by atoms with E-state index in [4.69, 9.17) is 5.73 Å². The summed E-state index contributed by atoms with van der Waals surface area (Å²) in [6, 6.07) is 17.6. The van der Waals surface area contributed by atoms with E-state index in [9.17, 15) is 22.8 Å². The third kappa shape index (κ3) is 10.1. The standard InChI is InChI=1S/C34H48N6O5S/c1-34(2,19-16-25-11-6-4-7-12-25)32(43)37-33(35)39-21-17-27(18-22-39)24-36-30(41)29-15-10-20-40(29)31(42)28(38-46(3,44)45)23-26-13-8-5-9-14-26/h4-9,11-14,27-29,38H,10,15-24H2,1-3H3,(H,36,41)(H2,35,37,43)/t28-,29+/m1/s1. The second kappa shape index (κ2) is 15.7. The van der Waals surface area contributed by atoms with E-state index < -0.39 is 33.4 Å². The maximum atomic E-state index is 13.6. The van der Waals surface area contributed by atoms with Crippen molar-refractivity contribution in [1.82, 2.24) is 19.8 Å². The van der Waals surface area contributed by atoms with Crippen molar-refractivity contribution in [1.29, 1.82) is 0 Å². The topological polar surface area (TPSA) is 154 Å². The number of carbonyl (C=O) groups excluding carboxylic acids is 3. The van der Waals surface area contributed by atoms with Crippen molar-refractivity contribution in [2.45, 2.75) is 70.9 Å². The molecule has 2 fully saturated rings. The second-order valence-corrected chi connectivity index (χ2v) is 14.9. The Hall–Kier alpha value is -3.77. The number of rotatable bonds is 12. The van der Waals surface area contributed by atoms with Crippen molar-refractivity contribution in [3.05, 3.63) is 71.8 Å². The minimum Gasteiger partial charge on any atom is -0.369 e. The van der Waals surface area contributed by atoms with Crippen LogP contribution in [-0.2, 0) is 37.2 Å². The van der Waals surface area contributed by atoms with Gasteiger partial charge in [0, 0.05) is 31.6 Å². The summed E-state index contributed by atoms with van der Waals surface area (Å²) in [6.45, 7) is 5.90. The number of benzene rings is 2. The van der Waals surface area contributed by atoms with Gasteiger partial charge in [-0.15, -0.1) is 0 Å². The van der Waals surface area contributed by atoms with Gasteiger partial charge in [-0.2, -0.15) is 4.99 Å². The molecule has 0 aromatic heterocycles. The summed E-state index contributed by atoms with van der Waals surface area (Å²) in [5.74, 6) is -0.408. The molecule has 4 rings (SSSR count). The molecule has 0 unspecified atom stereocenters. The average Bonchev–Trinajstić information content (AvgIpc) is 3.53. The Morgan fingerprint density at radius 1 is 0.957 bits per heavy atom. The van der Waals surface area contributed by atoms with Crippen LogP contribution < -0.4 is 15.8 Å². The number of guanidine groups is 1. The van der Waals surface area contributed by atoms with Gasteiger partial charge in [0.2, 0.25) is 21.8 Å². The van der Waals surface area contributed by atoms with E-state index in [-0.39, 0.29) is 30.1 Å². The van der Waals surface area contributed by atoms with Crippen LogP contribution >= 0.6 is 0 Å². The molecule has 2 aromatic carbocycles. The lowest BCUT2D eigenvalue weighted by molar-refractivity contribution is -0.139. The van der Waals surface area contributed by atoms with Crippen LogP contribution in [0.5, 0.6) is 0 Å². The quantitative estimate of drug-likeness (QED) is 0.235. The van der Waals surface area contributed by atoms with Crippen LogP contribution in [0, 0.1) is 11.3 Å². The highest BCUT2D eigenvalue weighted by Crippen LogP contribution is 2.26. The number of piperidine rings is 1. The highest BCUT2D eigenvalue weighted by Gasteiger charge is 2.38. The molecule has 4 N–H and O–H groups in total. The lowest BCUT2D eigenvalue weighted by Gasteiger charge is -2.33. The molecule has 250 valence electrons. The highest BCUT2D eigenvalue weighted by molar-refractivity contribution is 7.88. The first-order valence-corrected chi connectivity index (χ1v) is 18.0. The Labute approximate surface area is 273 Å². The fourth-order valence-electron chi connectivity index (χ4n) is 6.05. The van der Waals surface area contributed by atoms with Gasteiger partial charge in [0.25, 0.3) is 5.91 Å². The van der Waals surface area contributed by atoms with Crippen LogP contribution in [0.2, 0.25) is 0 Å². The summed E-state index contributed by atoms with van der Waals surface area (Å²) >= 11 is 0. The number of amides is 3. The smallest absolute Gasteiger partial charge is 0.254 e. The summed E-state index contributed by atoms with van der Waals surface area (Å²) in [7, 11) is -3.66. The number of aryl methyl sites for hydroxylation is 1. The van der Waals surface area contributed by atoms with Crippen LogP contribution in [0.1, 0.15) is 57.1 Å². The number of nitrogens with one attached hydrogen (secondary N) is 2. The molecular formula is C34H48N6O5S. The Kier molecular flexibility index (Phi) is 12.0. The first-order chi connectivity index (χ1) is 21.8. The van der Waals surface area contributed by atoms with Gasteiger partial charge < -0.3 is 20.9 Å². The lowest BCUT2D eigenvalue weighted by Crippen LogP contribution is -2.54. The number of nitrogens with two attached hydrogens (primary N) is 1. The molecule has 11 nitrogen and oxygen atoms in total. The third-order valence-corrected chi connectivity index (χ3v) is 9.67. The zero-order valence-corrected chi connectivity index (χ0v) is 28.0. The third-order valence-electron chi connectivity index (χ3n) is 8.96. The Bertz CT molecular complexity index is 1470. The van der Waals surface area contributed by atoms with Crippen molar-refractivity contribution >= 4 is 33.7 Å². The van der Waals surface area contributed by atoms with Crippen molar-refractivity contribution < 1.29 is 22.8 Å². The van der Waals surface area contributed by atoms with Crippen LogP contribution in [-0.4, -0.2) is 86.4 Å². The average molecular weight is 653 g/mol. The predicted molar refractivity (Wildman–Crippen MR) is 179 cm³/mol. The van der Waals surface area contributed by atoms with Crippen LogP contribution in [0.4, 0.5) is 0 Å². The maximum absolute atomic E-state index is 13.6. The lowest BCUT2D eigenvalue weighted by atomic mass is 9.85. The molecule has 0 bridgehead atoms. The fraction of sp³-hybridized carbons (Fsp3) is 0.529. The van der Waals surface area contributed by atoms with Gasteiger partial charge in [0.15, 0.2) is 5.96 Å². The van der Waals surface area contributed by atoms with Gasteiger partial charge in [-0.05, 0) is 62.0 Å². The van der Waals surface area contributed by atoms with E-state index in [0.29, 0.717) is 45.4 Å². The molecule has 2 aliphatic rings. The summed E-state index contributed by atoms with van der Waals surface area (Å²) in [5.41, 5.74) is 7.63. The molecule has 0 spiro atoms. The molecule has 2 heterocycles. The number of hydrogen-bond donors (Lipinski definition) is 3. The van der Waals surface area contributed by atoms with Crippen LogP contribution in [0.25, 0.3) is 0 Å². The van der Waals surface area contributed by atoms with Crippen molar-refractivity contribution in [3.8, 4) is 0 Å². The monoisotopic (exact) mass is 652 g/mol. The van der Waals surface area contributed by atoms with Crippen molar-refractivity contribution in [2.75, 3.05) is 32.4 Å². The molecular weight excluding hydrogens is 604 g/mol. The zero-order valence-electron chi connectivity index (χ0n) is 27.2. The van der Waals surface area contributed by atoms with E-state index in [0.717, 1.165) is 31.1 Å². The molecule has 12 heteroatoms. The molecule has 0 saturated carbocycles. The summed E-state index contributed by atoms with van der Waals surface area (Å²) < 4.78 is 26.6. The Morgan fingerprint density at radius 2 is 1.57 bits per heavy atom. The molecule has 2 aliphatic heterocycles. The summed E-state index contributed by atoms with van der Waals surface area (Å²) in [4.78, 5) is 47.5. The molecule has 2 aromatic rings. The van der Waals surface area contributed by atoms with E-state index in [1.807, 2.05) is 67.3 Å². The van der Waals surface area contributed by atoms with Crippen molar-refractivity contribution in [3.63, 3.8) is 0 Å². The van der Waals surface area contributed by atoms with E-state index in [2.05, 4.69) is 27.2 Å². The van der Waals surface area contributed by atoms with E-state index >= 15 is 0 Å². The minimum absolute atomic E-state index is 0.194. The summed E-state index contributed by atoms with van der Waals surface area (Å²) in [5, 5.41) is 3.03. The summed E-state index contributed by atoms with van der Waals surface area (Å²) in [6.07, 6.45) is 5.41. The van der Waals surface area contributed by atoms with Gasteiger partial charge in [0.05, 0.1) is 6.26 Å². The van der Waals surface area contributed by atoms with Crippen molar-refractivity contribution in [2.24, 2.45) is 22.1 Å². The van der Waals surface area contributed by atoms with Gasteiger partial charge in [-0.3, -0.25) is 14.4 Å². The highest BCUT2D eigenvalue weighted by atomic mass is 32.2. The molecule has 0 radical (unpaired) electrons. The van der Waals surface area contributed by atoms with Gasteiger partial charge in [0.1, 0.15) is 12.1 Å². The maximum Gasteiger partial charge on any atom is 0.254 e. The first kappa shape index (κ1) is 35.1. The Balaban J connectivity index is 1.26. The van der Waals surface area contributed by atoms with E-state index in [1.165, 1.54) is 10.5 Å². The van der Waals surface area contributed by atoms with Gasteiger partial charge in [-0.25, -0.2) is 13.1 Å². The van der Waals surface area contributed by atoms with Crippen LogP contribution in [0.3, 0.4) is 0 Å². The molecule has 3 amide bonds. The zero-order chi connectivity index (χ0) is 33.3. The number of carbonyl (C=O) groups is 3. The molecule has 0 aliphatic carbocycles. The minimum atomic E-state index is -3.66. The Morgan fingerprint density at radius 3 is 2.17 bits per heavy atom. The normalized spacial score (nSPS) is 18.8. The molecule has 46 heavy (non-hydrogen) atoms. The first-order valence-electron chi connectivity index (χ1n) is 16.1. The SMILES string of the molecule is CC(C)(CCc1ccccc1)C(=O)N=C(N)N1CCC(CNC(=O)[C@@H]2CCCN2C(=O)[C@@H](Cc2ccccc2)NS(C)(=O)=O)CC1. The number of aliphatic imine (C=N–C) groups is 1. The fourth-order valence-corrected chi connectivity index (χ4v) is 6.76. The number of hydrogen-bond acceptors (Lipinski definition) is 5. The van der Waals surface area contributed by atoms with E-state index in [1.54, 1.807) is 0 Å². The van der Waals surface area contributed by atoms with Gasteiger partial charge >= 0.3 is 0 Å². The van der Waals surface area contributed by atoms with Crippen LogP contribution in [0.15, 0.2) is 65.7 Å². The number of sulfonamides is 1. The predicted octanol–water partition coefficient (Wildman–Crippen LogP) is 2.47.